The van der Waals surface area contributed by atoms with Crippen LogP contribution in [0.15, 0.2) is 47.3 Å². The average molecular weight is 411 g/mol. The van der Waals surface area contributed by atoms with E-state index in [0.717, 1.165) is 17.0 Å². The molecule has 2 aromatic rings. The first-order chi connectivity index (χ1) is 14.4. The van der Waals surface area contributed by atoms with E-state index in [1.165, 1.54) is 18.9 Å². The number of carbonyl (C=O) groups excluding carboxylic acids is 1. The van der Waals surface area contributed by atoms with Gasteiger partial charge in [0.25, 0.3) is 0 Å². The van der Waals surface area contributed by atoms with Crippen LogP contribution in [-0.2, 0) is 16.1 Å². The third-order valence-electron chi connectivity index (χ3n) is 5.19. The van der Waals surface area contributed by atoms with Crippen molar-refractivity contribution < 1.29 is 19.0 Å². The van der Waals surface area contributed by atoms with Crippen LogP contribution >= 0.6 is 0 Å². The number of aromatic nitrogens is 1. The summed E-state index contributed by atoms with van der Waals surface area (Å²) < 4.78 is 19.2. The first kappa shape index (κ1) is 21.7. The van der Waals surface area contributed by atoms with Gasteiger partial charge >= 0.3 is 5.97 Å². The molecule has 0 spiro atoms. The summed E-state index contributed by atoms with van der Waals surface area (Å²) >= 11 is 0. The lowest BCUT2D eigenvalue weighted by Gasteiger charge is -2.23. The highest BCUT2D eigenvalue weighted by Crippen LogP contribution is 2.35. The maximum Gasteiger partial charge on any atom is 0.331 e. The number of esters is 1. The fourth-order valence-electron chi connectivity index (χ4n) is 3.37. The fourth-order valence-corrected chi connectivity index (χ4v) is 3.37. The summed E-state index contributed by atoms with van der Waals surface area (Å²) in [6.07, 6.45) is 4.87. The summed E-state index contributed by atoms with van der Waals surface area (Å²) in [5.41, 5.74) is 2.39. The lowest BCUT2D eigenvalue weighted by Crippen LogP contribution is -2.21. The topological polar surface area (TPSA) is 66.8 Å². The molecule has 3 rings (SSSR count). The van der Waals surface area contributed by atoms with Gasteiger partial charge in [-0.05, 0) is 57.2 Å². The Morgan fingerprint density at radius 3 is 2.47 bits per heavy atom. The summed E-state index contributed by atoms with van der Waals surface area (Å²) in [4.78, 5) is 24.0. The monoisotopic (exact) mass is 411 g/mol. The molecule has 1 unspecified atom stereocenters. The van der Waals surface area contributed by atoms with E-state index < -0.39 is 12.1 Å². The molecule has 1 atom stereocenters. The number of aryl methyl sites for hydroxylation is 2. The summed E-state index contributed by atoms with van der Waals surface area (Å²) in [5, 5.41) is 0. The number of ether oxygens (including phenoxy) is 3. The minimum atomic E-state index is -0.553. The molecule has 1 aromatic carbocycles. The predicted molar refractivity (Wildman–Crippen MR) is 115 cm³/mol. The number of rotatable bonds is 9. The quantitative estimate of drug-likeness (QED) is 0.459. The molecule has 1 aromatic heterocycles. The molecule has 0 saturated heterocycles. The van der Waals surface area contributed by atoms with Crippen LogP contribution in [0.4, 0.5) is 0 Å². The van der Waals surface area contributed by atoms with Crippen LogP contribution in [0.2, 0.25) is 0 Å². The van der Waals surface area contributed by atoms with E-state index in [-0.39, 0.29) is 5.43 Å². The van der Waals surface area contributed by atoms with E-state index in [0.29, 0.717) is 30.6 Å². The Bertz CT molecular complexity index is 961. The van der Waals surface area contributed by atoms with E-state index >= 15 is 0 Å². The van der Waals surface area contributed by atoms with Crippen molar-refractivity contribution in [1.82, 2.24) is 4.57 Å². The van der Waals surface area contributed by atoms with Gasteiger partial charge in [0, 0.05) is 29.6 Å². The van der Waals surface area contributed by atoms with Crippen LogP contribution in [0.25, 0.3) is 0 Å². The standard InChI is InChI=1S/C24H29NO5/c1-5-6-24(27)30-23(14-25-16(2)11-20(26)12-17(25)3)19-9-10-21(28-4)22(13-19)29-15-18-7-8-18/h5-6,9-13,18,23H,7-8,14-15H2,1-4H3/b6-5+. The Labute approximate surface area is 177 Å². The molecule has 1 fully saturated rings. The highest BCUT2D eigenvalue weighted by atomic mass is 16.5. The summed E-state index contributed by atoms with van der Waals surface area (Å²) in [6.45, 7) is 6.55. The zero-order valence-electron chi connectivity index (χ0n) is 18.0. The molecule has 1 saturated carbocycles. The van der Waals surface area contributed by atoms with Crippen LogP contribution in [0, 0.1) is 19.8 Å². The van der Waals surface area contributed by atoms with Crippen molar-refractivity contribution in [3.63, 3.8) is 0 Å². The number of allylic oxidation sites excluding steroid dienone is 1. The van der Waals surface area contributed by atoms with Gasteiger partial charge in [0.15, 0.2) is 16.9 Å². The van der Waals surface area contributed by atoms with Gasteiger partial charge in [-0.15, -0.1) is 0 Å². The third-order valence-corrected chi connectivity index (χ3v) is 5.19. The molecule has 0 N–H and O–H groups in total. The lowest BCUT2D eigenvalue weighted by atomic mass is 10.1. The van der Waals surface area contributed by atoms with Gasteiger partial charge in [0.1, 0.15) is 6.10 Å². The Hall–Kier alpha value is -3.02. The number of pyridine rings is 1. The summed E-state index contributed by atoms with van der Waals surface area (Å²) in [7, 11) is 1.61. The average Bonchev–Trinajstić information content (AvgIpc) is 3.52. The van der Waals surface area contributed by atoms with Crippen molar-refractivity contribution in [1.29, 1.82) is 0 Å². The van der Waals surface area contributed by atoms with Crippen LogP contribution in [0.5, 0.6) is 11.5 Å². The number of hydrogen-bond donors (Lipinski definition) is 0. The molecule has 0 amide bonds. The zero-order chi connectivity index (χ0) is 21.7. The highest BCUT2D eigenvalue weighted by molar-refractivity contribution is 5.82. The molecule has 1 aliphatic rings. The van der Waals surface area contributed by atoms with Crippen LogP contribution < -0.4 is 14.9 Å². The molecule has 0 aliphatic heterocycles. The maximum atomic E-state index is 12.2. The van der Waals surface area contributed by atoms with E-state index in [2.05, 4.69) is 0 Å². The van der Waals surface area contributed by atoms with Gasteiger partial charge in [0.2, 0.25) is 0 Å². The minimum absolute atomic E-state index is 0.0380. The van der Waals surface area contributed by atoms with E-state index in [1.54, 1.807) is 32.2 Å². The molecular weight excluding hydrogens is 382 g/mol. The Kier molecular flexibility index (Phi) is 6.98. The van der Waals surface area contributed by atoms with Gasteiger partial charge in [-0.1, -0.05) is 12.1 Å². The Balaban J connectivity index is 1.94. The van der Waals surface area contributed by atoms with Gasteiger partial charge in [-0.3, -0.25) is 4.79 Å². The molecule has 1 aliphatic carbocycles. The smallest absolute Gasteiger partial charge is 0.331 e. The Morgan fingerprint density at radius 1 is 1.17 bits per heavy atom. The zero-order valence-corrected chi connectivity index (χ0v) is 18.0. The number of carbonyl (C=O) groups is 1. The second-order valence-electron chi connectivity index (χ2n) is 7.67. The van der Waals surface area contributed by atoms with Crippen LogP contribution in [0.3, 0.4) is 0 Å². The van der Waals surface area contributed by atoms with Crippen LogP contribution in [-0.4, -0.2) is 24.3 Å². The number of methoxy groups -OCH3 is 1. The Morgan fingerprint density at radius 2 is 1.87 bits per heavy atom. The van der Waals surface area contributed by atoms with Crippen molar-refractivity contribution in [2.24, 2.45) is 5.92 Å². The van der Waals surface area contributed by atoms with E-state index in [9.17, 15) is 9.59 Å². The van der Waals surface area contributed by atoms with Gasteiger partial charge in [-0.2, -0.15) is 0 Å². The molecule has 30 heavy (non-hydrogen) atoms. The van der Waals surface area contributed by atoms with E-state index in [1.807, 2.05) is 36.6 Å². The molecule has 6 heteroatoms. The lowest BCUT2D eigenvalue weighted by molar-refractivity contribution is -0.144. The first-order valence-corrected chi connectivity index (χ1v) is 10.2. The second kappa shape index (κ2) is 9.65. The van der Waals surface area contributed by atoms with Crippen molar-refractivity contribution in [3.05, 3.63) is 69.7 Å². The largest absolute Gasteiger partial charge is 0.493 e. The molecule has 0 bridgehead atoms. The number of benzene rings is 1. The number of hydrogen-bond acceptors (Lipinski definition) is 5. The molecule has 160 valence electrons. The van der Waals surface area contributed by atoms with Gasteiger partial charge in [-0.25, -0.2) is 4.79 Å². The summed E-state index contributed by atoms with van der Waals surface area (Å²) in [5.74, 6) is 1.47. The number of nitrogens with zero attached hydrogens (tertiary/aromatic N) is 1. The van der Waals surface area contributed by atoms with E-state index in [4.69, 9.17) is 14.2 Å². The summed E-state index contributed by atoms with van der Waals surface area (Å²) in [6, 6.07) is 8.75. The third kappa shape index (κ3) is 5.53. The molecule has 6 nitrogen and oxygen atoms in total. The van der Waals surface area contributed by atoms with Crippen LogP contribution in [0.1, 0.15) is 42.8 Å². The van der Waals surface area contributed by atoms with Crippen molar-refractivity contribution in [2.45, 2.75) is 46.3 Å². The van der Waals surface area contributed by atoms with Gasteiger partial charge < -0.3 is 18.8 Å². The normalized spacial score (nSPS) is 14.5. The highest BCUT2D eigenvalue weighted by Gasteiger charge is 2.24. The van der Waals surface area contributed by atoms with Gasteiger partial charge in [0.05, 0.1) is 20.3 Å². The molecule has 0 radical (unpaired) electrons. The SMILES string of the molecule is C/C=C/C(=O)OC(Cn1c(C)cc(=O)cc1C)c1ccc(OC)c(OCC2CC2)c1. The van der Waals surface area contributed by atoms with Crippen molar-refractivity contribution in [3.8, 4) is 11.5 Å². The predicted octanol–water partition coefficient (Wildman–Crippen LogP) is 4.12. The molecule has 1 heterocycles. The minimum Gasteiger partial charge on any atom is -0.493 e. The second-order valence-corrected chi connectivity index (χ2v) is 7.67. The fraction of sp³-hybridized carbons (Fsp3) is 0.417. The first-order valence-electron chi connectivity index (χ1n) is 10.2. The molecular formula is C24H29NO5. The van der Waals surface area contributed by atoms with Crippen molar-refractivity contribution in [2.75, 3.05) is 13.7 Å². The maximum absolute atomic E-state index is 12.2. The van der Waals surface area contributed by atoms with Crippen molar-refractivity contribution >= 4 is 5.97 Å².